The maximum atomic E-state index is 12.7. The molecule has 1 saturated heterocycles. The van der Waals surface area contributed by atoms with E-state index in [1.807, 2.05) is 0 Å². The highest BCUT2D eigenvalue weighted by Gasteiger charge is 2.43. The summed E-state index contributed by atoms with van der Waals surface area (Å²) >= 11 is 0. The summed E-state index contributed by atoms with van der Waals surface area (Å²) in [5.41, 5.74) is 0.0505. The number of hydrogen-bond donors (Lipinski definition) is 1. The summed E-state index contributed by atoms with van der Waals surface area (Å²) in [5, 5.41) is 3.47. The summed E-state index contributed by atoms with van der Waals surface area (Å²) in [5.74, 6) is 0.423. The Morgan fingerprint density at radius 3 is 2.47 bits per heavy atom. The van der Waals surface area contributed by atoms with Gasteiger partial charge in [-0.05, 0) is 33.1 Å². The van der Waals surface area contributed by atoms with Crippen molar-refractivity contribution in [3.63, 3.8) is 0 Å². The fourth-order valence-electron chi connectivity index (χ4n) is 3.42. The Morgan fingerprint density at radius 2 is 1.94 bits per heavy atom. The Hall–Kier alpha value is -0.570. The molecule has 1 aliphatic carbocycles. The zero-order chi connectivity index (χ0) is 12.5. The molecule has 3 heteroatoms. The zero-order valence-corrected chi connectivity index (χ0v) is 11.5. The molecule has 1 heterocycles. The summed E-state index contributed by atoms with van der Waals surface area (Å²) in [6.45, 7) is 9.20. The van der Waals surface area contributed by atoms with Crippen LogP contribution >= 0.6 is 0 Å². The Morgan fingerprint density at radius 1 is 1.29 bits per heavy atom. The van der Waals surface area contributed by atoms with Crippen LogP contribution in [0.3, 0.4) is 0 Å². The molecule has 17 heavy (non-hydrogen) atoms. The highest BCUT2D eigenvalue weighted by atomic mass is 16.2. The summed E-state index contributed by atoms with van der Waals surface area (Å²) < 4.78 is 0. The molecule has 3 nitrogen and oxygen atoms in total. The predicted octanol–water partition coefficient (Wildman–Crippen LogP) is 2.17. The van der Waals surface area contributed by atoms with Crippen molar-refractivity contribution in [2.75, 3.05) is 19.6 Å². The van der Waals surface area contributed by atoms with E-state index in [4.69, 9.17) is 0 Å². The van der Waals surface area contributed by atoms with E-state index in [1.165, 1.54) is 12.8 Å². The Labute approximate surface area is 105 Å². The molecule has 0 aromatic rings. The van der Waals surface area contributed by atoms with Gasteiger partial charge in [0.05, 0.1) is 0 Å². The topological polar surface area (TPSA) is 32.3 Å². The van der Waals surface area contributed by atoms with Crippen LogP contribution in [0.2, 0.25) is 0 Å². The second kappa shape index (κ2) is 4.60. The molecular weight excluding hydrogens is 212 g/mol. The van der Waals surface area contributed by atoms with E-state index in [-0.39, 0.29) is 11.0 Å². The standard InChI is InChI=1S/C14H26N2O/c1-4-14(7-5-6-8-14)12(17)16-10-9-15-13(2,3)11-16/h15H,4-11H2,1-3H3. The third-order valence-corrected chi connectivity index (χ3v) is 4.55. The van der Waals surface area contributed by atoms with Crippen LogP contribution in [-0.2, 0) is 4.79 Å². The Balaban J connectivity index is 2.08. The first-order chi connectivity index (χ1) is 7.99. The van der Waals surface area contributed by atoms with Crippen molar-refractivity contribution in [1.29, 1.82) is 0 Å². The lowest BCUT2D eigenvalue weighted by Gasteiger charge is -2.42. The Bertz CT molecular complexity index is 293. The van der Waals surface area contributed by atoms with Gasteiger partial charge < -0.3 is 10.2 Å². The minimum absolute atomic E-state index is 0.0204. The third-order valence-electron chi connectivity index (χ3n) is 4.55. The molecule has 98 valence electrons. The number of nitrogens with one attached hydrogen (secondary N) is 1. The number of rotatable bonds is 2. The number of piperazine rings is 1. The lowest BCUT2D eigenvalue weighted by atomic mass is 9.81. The first kappa shape index (κ1) is 12.9. The zero-order valence-electron chi connectivity index (χ0n) is 11.5. The van der Waals surface area contributed by atoms with Crippen LogP contribution in [-0.4, -0.2) is 36.0 Å². The lowest BCUT2D eigenvalue weighted by molar-refractivity contribution is -0.144. The van der Waals surface area contributed by atoms with Crippen molar-refractivity contribution in [3.8, 4) is 0 Å². The monoisotopic (exact) mass is 238 g/mol. The average Bonchev–Trinajstić information content (AvgIpc) is 2.76. The van der Waals surface area contributed by atoms with Crippen molar-refractivity contribution in [3.05, 3.63) is 0 Å². The van der Waals surface area contributed by atoms with E-state index >= 15 is 0 Å². The molecule has 1 amide bonds. The molecular formula is C14H26N2O. The van der Waals surface area contributed by atoms with Gasteiger partial charge in [-0.1, -0.05) is 19.8 Å². The first-order valence-electron chi connectivity index (χ1n) is 7.04. The van der Waals surface area contributed by atoms with E-state index in [1.54, 1.807) is 0 Å². The summed E-state index contributed by atoms with van der Waals surface area (Å²) in [7, 11) is 0. The van der Waals surface area contributed by atoms with Crippen LogP contribution in [0.5, 0.6) is 0 Å². The minimum Gasteiger partial charge on any atom is -0.339 e. The van der Waals surface area contributed by atoms with Crippen LogP contribution in [0.25, 0.3) is 0 Å². The molecule has 1 N–H and O–H groups in total. The number of carbonyl (C=O) groups is 1. The van der Waals surface area contributed by atoms with Crippen molar-refractivity contribution in [2.45, 2.75) is 58.4 Å². The second-order valence-electron chi connectivity index (χ2n) is 6.38. The van der Waals surface area contributed by atoms with Gasteiger partial charge in [-0.3, -0.25) is 4.79 Å². The number of amides is 1. The van der Waals surface area contributed by atoms with Gasteiger partial charge in [0, 0.05) is 30.6 Å². The number of carbonyl (C=O) groups excluding carboxylic acids is 1. The van der Waals surface area contributed by atoms with Gasteiger partial charge >= 0.3 is 0 Å². The number of nitrogens with zero attached hydrogens (tertiary/aromatic N) is 1. The highest BCUT2D eigenvalue weighted by molar-refractivity contribution is 5.83. The van der Waals surface area contributed by atoms with E-state index in [0.29, 0.717) is 5.91 Å². The molecule has 2 rings (SSSR count). The maximum absolute atomic E-state index is 12.7. The minimum atomic E-state index is -0.0204. The smallest absolute Gasteiger partial charge is 0.228 e. The van der Waals surface area contributed by atoms with Gasteiger partial charge in [0.2, 0.25) is 5.91 Å². The maximum Gasteiger partial charge on any atom is 0.228 e. The van der Waals surface area contributed by atoms with E-state index < -0.39 is 0 Å². The van der Waals surface area contributed by atoms with Gasteiger partial charge in [-0.25, -0.2) is 0 Å². The Kier molecular flexibility index (Phi) is 3.48. The fraction of sp³-hybridized carbons (Fsp3) is 0.929. The SMILES string of the molecule is CCC1(C(=O)N2CCNC(C)(C)C2)CCCC1. The normalized spacial score (nSPS) is 27.1. The predicted molar refractivity (Wildman–Crippen MR) is 69.9 cm³/mol. The number of hydrogen-bond acceptors (Lipinski definition) is 2. The first-order valence-corrected chi connectivity index (χ1v) is 7.04. The van der Waals surface area contributed by atoms with E-state index in [9.17, 15) is 4.79 Å². The van der Waals surface area contributed by atoms with Crippen molar-refractivity contribution < 1.29 is 4.79 Å². The van der Waals surface area contributed by atoms with Crippen LogP contribution < -0.4 is 5.32 Å². The molecule has 0 bridgehead atoms. The summed E-state index contributed by atoms with van der Waals surface area (Å²) in [6.07, 6.45) is 5.68. The van der Waals surface area contributed by atoms with Crippen LogP contribution in [0.1, 0.15) is 52.9 Å². The average molecular weight is 238 g/mol. The van der Waals surface area contributed by atoms with Crippen molar-refractivity contribution >= 4 is 5.91 Å². The highest BCUT2D eigenvalue weighted by Crippen LogP contribution is 2.42. The van der Waals surface area contributed by atoms with Gasteiger partial charge in [0.1, 0.15) is 0 Å². The molecule has 0 unspecified atom stereocenters. The van der Waals surface area contributed by atoms with Crippen molar-refractivity contribution in [2.24, 2.45) is 5.41 Å². The van der Waals surface area contributed by atoms with E-state index in [0.717, 1.165) is 38.9 Å². The summed E-state index contributed by atoms with van der Waals surface area (Å²) in [6, 6.07) is 0. The molecule has 0 spiro atoms. The lowest BCUT2D eigenvalue weighted by Crippen LogP contribution is -2.60. The summed E-state index contributed by atoms with van der Waals surface area (Å²) in [4.78, 5) is 14.8. The van der Waals surface area contributed by atoms with Crippen LogP contribution in [0.15, 0.2) is 0 Å². The molecule has 0 aromatic carbocycles. The van der Waals surface area contributed by atoms with Gasteiger partial charge in [0.25, 0.3) is 0 Å². The molecule has 0 atom stereocenters. The third kappa shape index (κ3) is 2.49. The molecule has 1 aliphatic heterocycles. The van der Waals surface area contributed by atoms with Gasteiger partial charge in [-0.2, -0.15) is 0 Å². The quantitative estimate of drug-likeness (QED) is 0.799. The largest absolute Gasteiger partial charge is 0.339 e. The molecule has 0 radical (unpaired) electrons. The van der Waals surface area contributed by atoms with Crippen LogP contribution in [0.4, 0.5) is 0 Å². The van der Waals surface area contributed by atoms with E-state index in [2.05, 4.69) is 31.0 Å². The van der Waals surface area contributed by atoms with Crippen LogP contribution in [0, 0.1) is 5.41 Å². The molecule has 2 fully saturated rings. The molecule has 1 saturated carbocycles. The fourth-order valence-corrected chi connectivity index (χ4v) is 3.42. The molecule has 2 aliphatic rings. The van der Waals surface area contributed by atoms with Gasteiger partial charge in [-0.15, -0.1) is 0 Å². The van der Waals surface area contributed by atoms with Gasteiger partial charge in [0.15, 0.2) is 0 Å². The van der Waals surface area contributed by atoms with Crippen molar-refractivity contribution in [1.82, 2.24) is 10.2 Å². The molecule has 0 aromatic heterocycles. The second-order valence-corrected chi connectivity index (χ2v) is 6.38.